The van der Waals surface area contributed by atoms with E-state index in [1.165, 1.54) is 44.4 Å². The highest BCUT2D eigenvalue weighted by Gasteiger charge is 2.17. The van der Waals surface area contributed by atoms with Crippen LogP contribution in [0.25, 0.3) is 20.5 Å². The SMILES string of the molecule is Oc1ccc(-c2sc3cc(O)ccc3c2Oc2ccc(SOCCN3CCCCC3)cc2)cc1. The van der Waals surface area contributed by atoms with Gasteiger partial charge in [0.1, 0.15) is 17.2 Å². The molecule has 0 aliphatic carbocycles. The quantitative estimate of drug-likeness (QED) is 0.199. The Bertz CT molecular complexity index is 1230. The summed E-state index contributed by atoms with van der Waals surface area (Å²) >= 11 is 2.95. The van der Waals surface area contributed by atoms with Crippen molar-refractivity contribution in [2.24, 2.45) is 0 Å². The molecule has 0 radical (unpaired) electrons. The third-order valence-corrected chi connectivity index (χ3v) is 7.83. The largest absolute Gasteiger partial charge is 0.508 e. The Kier molecular flexibility index (Phi) is 7.25. The molecule has 5 nitrogen and oxygen atoms in total. The predicted molar refractivity (Wildman–Crippen MR) is 139 cm³/mol. The average molecular weight is 494 g/mol. The fourth-order valence-electron chi connectivity index (χ4n) is 4.11. The zero-order chi connectivity index (χ0) is 23.3. The van der Waals surface area contributed by atoms with Crippen molar-refractivity contribution < 1.29 is 19.1 Å². The van der Waals surface area contributed by atoms with Crippen LogP contribution in [-0.2, 0) is 4.18 Å². The molecule has 1 aliphatic heterocycles. The van der Waals surface area contributed by atoms with Crippen LogP contribution in [0.5, 0.6) is 23.0 Å². The van der Waals surface area contributed by atoms with Crippen LogP contribution in [-0.4, -0.2) is 41.4 Å². The molecule has 5 rings (SSSR count). The van der Waals surface area contributed by atoms with Crippen molar-refractivity contribution in [2.75, 3.05) is 26.2 Å². The first-order valence-electron chi connectivity index (χ1n) is 11.5. The minimum absolute atomic E-state index is 0.219. The van der Waals surface area contributed by atoms with Gasteiger partial charge >= 0.3 is 0 Å². The Morgan fingerprint density at radius 2 is 1.59 bits per heavy atom. The second-order valence-electron chi connectivity index (χ2n) is 8.37. The first kappa shape index (κ1) is 23.1. The van der Waals surface area contributed by atoms with Crippen molar-refractivity contribution >= 4 is 33.5 Å². The highest BCUT2D eigenvalue weighted by Crippen LogP contribution is 2.47. The van der Waals surface area contributed by atoms with Gasteiger partial charge in [0.25, 0.3) is 0 Å². The molecule has 34 heavy (non-hydrogen) atoms. The average Bonchev–Trinajstić information content (AvgIpc) is 3.21. The summed E-state index contributed by atoms with van der Waals surface area (Å²) in [5.74, 6) is 1.91. The minimum atomic E-state index is 0.219. The number of phenolic OH excluding ortho intramolecular Hbond substituents is 2. The summed E-state index contributed by atoms with van der Waals surface area (Å²) in [5, 5.41) is 20.6. The van der Waals surface area contributed by atoms with Gasteiger partial charge in [0.15, 0.2) is 5.75 Å². The van der Waals surface area contributed by atoms with E-state index in [1.807, 2.05) is 42.5 Å². The molecule has 1 aromatic heterocycles. The molecule has 1 fully saturated rings. The number of hydrogen-bond acceptors (Lipinski definition) is 7. The van der Waals surface area contributed by atoms with E-state index in [0.717, 1.165) is 43.5 Å². The number of ether oxygens (including phenoxy) is 1. The highest BCUT2D eigenvalue weighted by molar-refractivity contribution is 7.94. The summed E-state index contributed by atoms with van der Waals surface area (Å²) in [6, 6.07) is 20.3. The van der Waals surface area contributed by atoms with Crippen LogP contribution >= 0.6 is 23.4 Å². The van der Waals surface area contributed by atoms with Crippen molar-refractivity contribution in [3.05, 3.63) is 66.7 Å². The van der Waals surface area contributed by atoms with Gasteiger partial charge in [-0.25, -0.2) is 0 Å². The first-order valence-corrected chi connectivity index (χ1v) is 13.1. The van der Waals surface area contributed by atoms with E-state index >= 15 is 0 Å². The molecule has 0 bridgehead atoms. The Morgan fingerprint density at radius 1 is 0.853 bits per heavy atom. The van der Waals surface area contributed by atoms with Gasteiger partial charge in [-0.2, -0.15) is 0 Å². The number of hydrogen-bond donors (Lipinski definition) is 2. The van der Waals surface area contributed by atoms with Crippen molar-refractivity contribution in [3.8, 4) is 33.4 Å². The number of rotatable bonds is 8. The van der Waals surface area contributed by atoms with Crippen LogP contribution in [0.3, 0.4) is 0 Å². The molecule has 176 valence electrons. The van der Waals surface area contributed by atoms with Crippen molar-refractivity contribution in [3.63, 3.8) is 0 Å². The maximum absolute atomic E-state index is 9.94. The number of likely N-dealkylation sites (tertiary alicyclic amines) is 1. The van der Waals surface area contributed by atoms with Crippen LogP contribution in [0.15, 0.2) is 71.6 Å². The van der Waals surface area contributed by atoms with Gasteiger partial charge < -0.3 is 24.0 Å². The minimum Gasteiger partial charge on any atom is -0.508 e. The Labute approximate surface area is 207 Å². The number of nitrogens with zero attached hydrogens (tertiary/aromatic N) is 1. The van der Waals surface area contributed by atoms with Gasteiger partial charge in [0.2, 0.25) is 0 Å². The highest BCUT2D eigenvalue weighted by atomic mass is 32.2. The van der Waals surface area contributed by atoms with Gasteiger partial charge in [-0.1, -0.05) is 6.42 Å². The van der Waals surface area contributed by atoms with Crippen molar-refractivity contribution in [1.29, 1.82) is 0 Å². The molecular weight excluding hydrogens is 466 g/mol. The van der Waals surface area contributed by atoms with E-state index in [-0.39, 0.29) is 11.5 Å². The fraction of sp³-hybridized carbons (Fsp3) is 0.259. The Morgan fingerprint density at radius 3 is 2.35 bits per heavy atom. The number of aromatic hydroxyl groups is 2. The number of phenols is 2. The lowest BCUT2D eigenvalue weighted by molar-refractivity contribution is 0.194. The van der Waals surface area contributed by atoms with Crippen LogP contribution in [0.1, 0.15) is 19.3 Å². The van der Waals surface area contributed by atoms with Crippen LogP contribution in [0.2, 0.25) is 0 Å². The van der Waals surface area contributed by atoms with Gasteiger partial charge in [-0.05, 0) is 98.2 Å². The normalized spacial score (nSPS) is 14.5. The molecule has 0 unspecified atom stereocenters. The third kappa shape index (κ3) is 5.50. The summed E-state index contributed by atoms with van der Waals surface area (Å²) in [6.07, 6.45) is 3.94. The molecule has 0 amide bonds. The number of piperidine rings is 1. The molecule has 0 spiro atoms. The van der Waals surface area contributed by atoms with Crippen molar-refractivity contribution in [2.45, 2.75) is 24.2 Å². The number of fused-ring (bicyclic) bond motifs is 1. The van der Waals surface area contributed by atoms with E-state index < -0.39 is 0 Å². The van der Waals surface area contributed by atoms with Crippen LogP contribution < -0.4 is 4.74 Å². The molecule has 2 N–H and O–H groups in total. The van der Waals surface area contributed by atoms with E-state index in [1.54, 1.807) is 35.6 Å². The summed E-state index contributed by atoms with van der Waals surface area (Å²) in [5.41, 5.74) is 0.947. The zero-order valence-electron chi connectivity index (χ0n) is 18.8. The summed E-state index contributed by atoms with van der Waals surface area (Å²) in [4.78, 5) is 4.45. The molecule has 4 aromatic rings. The van der Waals surface area contributed by atoms with Crippen LogP contribution in [0, 0.1) is 0 Å². The summed E-state index contributed by atoms with van der Waals surface area (Å²) < 4.78 is 13.1. The lowest BCUT2D eigenvalue weighted by Gasteiger charge is -2.25. The third-order valence-electron chi connectivity index (χ3n) is 5.90. The number of thiophene rings is 1. The summed E-state index contributed by atoms with van der Waals surface area (Å²) in [6.45, 7) is 4.06. The van der Waals surface area contributed by atoms with E-state index in [0.29, 0.717) is 6.61 Å². The lowest BCUT2D eigenvalue weighted by atomic mass is 10.1. The molecule has 0 atom stereocenters. The van der Waals surface area contributed by atoms with E-state index in [2.05, 4.69) is 4.90 Å². The molecule has 0 saturated carbocycles. The predicted octanol–water partition coefficient (Wildman–Crippen LogP) is 7.28. The monoisotopic (exact) mass is 493 g/mol. The zero-order valence-corrected chi connectivity index (χ0v) is 20.4. The standard InChI is InChI=1S/C27H27NO4S2/c29-20-6-4-19(5-7-20)27-26(24-13-8-21(30)18-25(24)33-27)32-22-9-11-23(12-10-22)34-31-17-16-28-14-2-1-3-15-28/h4-13,18,29-30H,1-3,14-17H2. The van der Waals surface area contributed by atoms with Crippen LogP contribution in [0.4, 0.5) is 0 Å². The van der Waals surface area contributed by atoms with Gasteiger partial charge in [0.05, 0.1) is 11.5 Å². The maximum Gasteiger partial charge on any atom is 0.153 e. The Balaban J connectivity index is 1.28. The molecular formula is C27H27NO4S2. The van der Waals surface area contributed by atoms with Gasteiger partial charge in [0, 0.05) is 33.6 Å². The fourth-order valence-corrected chi connectivity index (χ4v) is 5.82. The maximum atomic E-state index is 9.94. The first-order chi connectivity index (χ1) is 16.7. The Hall–Kier alpha value is -2.71. The van der Waals surface area contributed by atoms with Gasteiger partial charge in [-0.15, -0.1) is 11.3 Å². The molecule has 1 aliphatic rings. The van der Waals surface area contributed by atoms with Gasteiger partial charge in [-0.3, -0.25) is 0 Å². The second-order valence-corrected chi connectivity index (χ2v) is 10.3. The van der Waals surface area contributed by atoms with E-state index in [4.69, 9.17) is 8.92 Å². The topological polar surface area (TPSA) is 62.2 Å². The number of benzene rings is 3. The molecule has 3 aromatic carbocycles. The molecule has 2 heterocycles. The molecule has 1 saturated heterocycles. The van der Waals surface area contributed by atoms with E-state index in [9.17, 15) is 10.2 Å². The van der Waals surface area contributed by atoms with Crippen molar-refractivity contribution in [1.82, 2.24) is 4.90 Å². The lowest BCUT2D eigenvalue weighted by Crippen LogP contribution is -2.32. The second kappa shape index (κ2) is 10.7. The summed E-state index contributed by atoms with van der Waals surface area (Å²) in [7, 11) is 0. The smallest absolute Gasteiger partial charge is 0.153 e. The molecule has 7 heteroatoms.